The molecule has 10 heteroatoms. The van der Waals surface area contributed by atoms with Crippen LogP contribution in [-0.4, -0.2) is 35.5 Å². The van der Waals surface area contributed by atoms with E-state index in [1.807, 2.05) is 35.2 Å². The van der Waals surface area contributed by atoms with Crippen molar-refractivity contribution in [3.8, 4) is 0 Å². The van der Waals surface area contributed by atoms with E-state index in [0.717, 1.165) is 5.56 Å². The van der Waals surface area contributed by atoms with Gasteiger partial charge in [-0.15, -0.1) is 0 Å². The van der Waals surface area contributed by atoms with Crippen LogP contribution in [0.1, 0.15) is 25.3 Å². The quantitative estimate of drug-likeness (QED) is 0.211. The van der Waals surface area contributed by atoms with Gasteiger partial charge in [0.25, 0.3) is 0 Å². The second-order valence-corrected chi connectivity index (χ2v) is 8.56. The number of thioether (sulfide) groups is 1. The summed E-state index contributed by atoms with van der Waals surface area (Å²) in [6.45, 7) is 3.02. The van der Waals surface area contributed by atoms with Crippen molar-refractivity contribution in [3.05, 3.63) is 66.3 Å². The predicted molar refractivity (Wildman–Crippen MR) is 117 cm³/mol. The number of benzene rings is 1. The van der Waals surface area contributed by atoms with E-state index in [-0.39, 0.29) is 27.1 Å². The number of nitro groups is 1. The Hall–Kier alpha value is -1.41. The average Bonchev–Trinajstić information content (AvgIpc) is 2.71. The van der Waals surface area contributed by atoms with Crippen LogP contribution in [0.25, 0.3) is 0 Å². The van der Waals surface area contributed by atoms with Crippen LogP contribution in [0, 0.1) is 16.0 Å². The fourth-order valence-corrected chi connectivity index (χ4v) is 4.52. The van der Waals surface area contributed by atoms with Crippen molar-refractivity contribution in [1.29, 1.82) is 0 Å². The van der Waals surface area contributed by atoms with E-state index < -0.39 is 4.92 Å². The SMILES string of the molecule is CCOC(=O)C1CCN(C(SCc2ccccc2)=C(C(Cl)=C(Cl)Cl)[N+](=O)[O-])CC1. The molecule has 0 saturated carbocycles. The standard InChI is InChI=1S/C19H21Cl3N2O4S/c1-2-28-19(25)14-8-10-23(11-9-14)18(16(24(26)27)15(20)17(21)22)29-12-13-6-4-3-5-7-13/h3-7,14H,2,8-12H2,1H3. The Morgan fingerprint density at radius 2 is 1.86 bits per heavy atom. The lowest BCUT2D eigenvalue weighted by atomic mass is 9.97. The topological polar surface area (TPSA) is 72.7 Å². The van der Waals surface area contributed by atoms with Gasteiger partial charge < -0.3 is 9.64 Å². The lowest BCUT2D eigenvalue weighted by Crippen LogP contribution is -2.36. The predicted octanol–water partition coefficient (Wildman–Crippen LogP) is 5.53. The largest absolute Gasteiger partial charge is 0.466 e. The van der Waals surface area contributed by atoms with E-state index in [9.17, 15) is 14.9 Å². The monoisotopic (exact) mass is 478 g/mol. The number of piperidine rings is 1. The Morgan fingerprint density at radius 1 is 1.24 bits per heavy atom. The van der Waals surface area contributed by atoms with Crippen molar-refractivity contribution >= 4 is 52.5 Å². The van der Waals surface area contributed by atoms with Crippen LogP contribution < -0.4 is 0 Å². The lowest BCUT2D eigenvalue weighted by molar-refractivity contribution is -0.421. The van der Waals surface area contributed by atoms with Crippen molar-refractivity contribution in [2.24, 2.45) is 5.92 Å². The highest BCUT2D eigenvalue weighted by molar-refractivity contribution is 8.02. The normalized spacial score (nSPS) is 15.5. The molecule has 1 aliphatic heterocycles. The summed E-state index contributed by atoms with van der Waals surface area (Å²) >= 11 is 18.9. The van der Waals surface area contributed by atoms with Crippen molar-refractivity contribution in [1.82, 2.24) is 4.90 Å². The molecular weight excluding hydrogens is 459 g/mol. The summed E-state index contributed by atoms with van der Waals surface area (Å²) in [7, 11) is 0. The minimum Gasteiger partial charge on any atom is -0.466 e. The van der Waals surface area contributed by atoms with Crippen LogP contribution in [0.5, 0.6) is 0 Å². The van der Waals surface area contributed by atoms with Gasteiger partial charge in [-0.2, -0.15) is 0 Å². The molecule has 2 rings (SSSR count). The number of rotatable bonds is 8. The third-order valence-electron chi connectivity index (χ3n) is 4.38. The number of ether oxygens (including phenoxy) is 1. The van der Waals surface area contributed by atoms with E-state index in [1.54, 1.807) is 6.92 Å². The molecule has 0 spiro atoms. The van der Waals surface area contributed by atoms with E-state index in [4.69, 9.17) is 39.5 Å². The number of likely N-dealkylation sites (tertiary alicyclic amines) is 1. The molecule has 1 fully saturated rings. The molecule has 0 radical (unpaired) electrons. The average molecular weight is 480 g/mol. The van der Waals surface area contributed by atoms with Gasteiger partial charge in [-0.05, 0) is 25.3 Å². The molecule has 1 saturated heterocycles. The van der Waals surface area contributed by atoms with Gasteiger partial charge in [-0.3, -0.25) is 14.9 Å². The van der Waals surface area contributed by atoms with Crippen molar-refractivity contribution in [3.63, 3.8) is 0 Å². The smallest absolute Gasteiger partial charge is 0.319 e. The van der Waals surface area contributed by atoms with Gasteiger partial charge >= 0.3 is 11.7 Å². The lowest BCUT2D eigenvalue weighted by Gasteiger charge is -2.33. The molecule has 1 aromatic carbocycles. The van der Waals surface area contributed by atoms with Gasteiger partial charge in [-0.1, -0.05) is 76.9 Å². The zero-order valence-electron chi connectivity index (χ0n) is 15.8. The number of carbonyl (C=O) groups excluding carboxylic acids is 1. The maximum absolute atomic E-state index is 12.0. The third-order valence-corrected chi connectivity index (χ3v) is 6.52. The summed E-state index contributed by atoms with van der Waals surface area (Å²) in [5.74, 6) is 0.0640. The molecule has 1 aliphatic rings. The fraction of sp³-hybridized carbons (Fsp3) is 0.421. The summed E-state index contributed by atoms with van der Waals surface area (Å²) in [6, 6.07) is 9.59. The van der Waals surface area contributed by atoms with Gasteiger partial charge in [0.05, 0.1) is 17.4 Å². The van der Waals surface area contributed by atoms with Gasteiger partial charge in [-0.25, -0.2) is 0 Å². The maximum atomic E-state index is 12.0. The Labute approximate surface area is 189 Å². The molecule has 1 aromatic rings. The van der Waals surface area contributed by atoms with E-state index in [0.29, 0.717) is 43.3 Å². The minimum atomic E-state index is -0.572. The highest BCUT2D eigenvalue weighted by Crippen LogP contribution is 2.37. The first-order chi connectivity index (χ1) is 13.8. The first-order valence-electron chi connectivity index (χ1n) is 9.03. The van der Waals surface area contributed by atoms with Gasteiger partial charge in [0.1, 0.15) is 4.49 Å². The van der Waals surface area contributed by atoms with E-state index >= 15 is 0 Å². The molecule has 29 heavy (non-hydrogen) atoms. The fourth-order valence-electron chi connectivity index (χ4n) is 2.96. The number of nitrogens with zero attached hydrogens (tertiary/aromatic N) is 2. The molecule has 0 aliphatic carbocycles. The van der Waals surface area contributed by atoms with E-state index in [1.165, 1.54) is 11.8 Å². The van der Waals surface area contributed by atoms with Gasteiger partial charge in [0.15, 0.2) is 10.1 Å². The Morgan fingerprint density at radius 3 is 2.38 bits per heavy atom. The van der Waals surface area contributed by atoms with Crippen LogP contribution in [0.4, 0.5) is 0 Å². The molecule has 0 N–H and O–H groups in total. The first kappa shape index (κ1) is 23.9. The highest BCUT2D eigenvalue weighted by atomic mass is 35.5. The van der Waals surface area contributed by atoms with Gasteiger partial charge in [0.2, 0.25) is 0 Å². The third kappa shape index (κ3) is 6.81. The molecule has 0 amide bonds. The molecule has 6 nitrogen and oxygen atoms in total. The van der Waals surface area contributed by atoms with Crippen molar-refractivity contribution in [2.75, 3.05) is 19.7 Å². The molecule has 0 atom stereocenters. The molecule has 158 valence electrons. The molecular formula is C19H21Cl3N2O4S. The van der Waals surface area contributed by atoms with Crippen LogP contribution in [0.15, 0.2) is 50.6 Å². The zero-order chi connectivity index (χ0) is 21.4. The summed E-state index contributed by atoms with van der Waals surface area (Å²) in [4.78, 5) is 25.1. The van der Waals surface area contributed by atoms with E-state index in [2.05, 4.69) is 0 Å². The number of hydrogen-bond donors (Lipinski definition) is 0. The second-order valence-electron chi connectivity index (χ2n) is 6.27. The van der Waals surface area contributed by atoms with Gasteiger partial charge in [0, 0.05) is 18.8 Å². The Balaban J connectivity index is 2.30. The Bertz CT molecular complexity index is 790. The molecule has 1 heterocycles. The molecule has 0 bridgehead atoms. The van der Waals surface area contributed by atoms with Crippen LogP contribution in [0.3, 0.4) is 0 Å². The number of carbonyl (C=O) groups is 1. The first-order valence-corrected chi connectivity index (χ1v) is 11.1. The maximum Gasteiger partial charge on any atom is 0.319 e. The van der Waals surface area contributed by atoms with Crippen molar-refractivity contribution in [2.45, 2.75) is 25.5 Å². The Kier molecular flexibility index (Phi) is 9.62. The summed E-state index contributed by atoms with van der Waals surface area (Å²) in [6.07, 6.45) is 1.07. The van der Waals surface area contributed by atoms with Crippen molar-refractivity contribution < 1.29 is 14.5 Å². The number of esters is 1. The van der Waals surface area contributed by atoms with Crippen LogP contribution in [-0.2, 0) is 15.3 Å². The van der Waals surface area contributed by atoms with Crippen LogP contribution in [0.2, 0.25) is 0 Å². The van der Waals surface area contributed by atoms with Crippen LogP contribution >= 0.6 is 46.6 Å². The summed E-state index contributed by atoms with van der Waals surface area (Å²) in [5, 5.41) is 11.9. The molecule has 0 aromatic heterocycles. The highest BCUT2D eigenvalue weighted by Gasteiger charge is 2.33. The number of hydrogen-bond acceptors (Lipinski definition) is 6. The zero-order valence-corrected chi connectivity index (χ0v) is 18.9. The number of halogens is 3. The summed E-state index contributed by atoms with van der Waals surface area (Å²) < 4.78 is 4.73. The molecule has 0 unspecified atom stereocenters. The second kappa shape index (κ2) is 11.7. The minimum absolute atomic E-state index is 0.215. The summed E-state index contributed by atoms with van der Waals surface area (Å²) in [5.41, 5.74) is 0.679. The number of allylic oxidation sites excluding steroid dienone is 1.